The summed E-state index contributed by atoms with van der Waals surface area (Å²) in [6.45, 7) is 0. The Bertz CT molecular complexity index is 808. The Morgan fingerprint density at radius 1 is 0.208 bits per heavy atom. The zero-order valence-electron chi connectivity index (χ0n) is 25.9. The third-order valence-electron chi connectivity index (χ3n) is 0. The topological polar surface area (TPSA) is 624 Å². The van der Waals surface area contributed by atoms with E-state index in [2.05, 4.69) is 0 Å². The fraction of sp³-hybridized carbons (Fsp3) is 0. The molecule has 0 bridgehead atoms. The van der Waals surface area contributed by atoms with E-state index < -0.39 is 62.4 Å². The molecule has 0 unspecified atom stereocenters. The van der Waals surface area contributed by atoms with E-state index in [0.29, 0.717) is 0 Å². The molecule has 0 aromatic carbocycles. The molecule has 0 aliphatic carbocycles. The maximum absolute atomic E-state index is 8.52. The molecule has 0 aromatic heterocycles. The van der Waals surface area contributed by atoms with Crippen molar-refractivity contribution in [1.82, 2.24) is 0 Å². The minimum Gasteiger partial charge on any atom is -2.00 e. The van der Waals surface area contributed by atoms with Crippen LogP contribution in [0.1, 0.15) is 0 Å². The summed E-state index contributed by atoms with van der Waals surface area (Å²) in [7, 11) is -31.0. The van der Waals surface area contributed by atoms with Crippen molar-refractivity contribution in [3.05, 3.63) is 0 Å². The van der Waals surface area contributed by atoms with E-state index in [-0.39, 0.29) is 383 Å². The van der Waals surface area contributed by atoms with Crippen molar-refractivity contribution >= 4 is 85.4 Å². The first-order chi connectivity index (χ1) is 12.0. The predicted molar refractivity (Wildman–Crippen MR) is 72.0 cm³/mol. The van der Waals surface area contributed by atoms with Gasteiger partial charge < -0.3 is 82.0 Å². The normalized spacial score (nSPS) is 7.25. The van der Waals surface area contributed by atoms with Crippen LogP contribution < -0.4 is 296 Å². The van der Waals surface area contributed by atoms with Gasteiger partial charge in [-0.05, 0) is 0 Å². The van der Waals surface area contributed by atoms with Crippen LogP contribution in [0.5, 0.6) is 0 Å². The molecule has 48 heteroatoms. The Balaban J connectivity index is -0.00000000609. The van der Waals surface area contributed by atoms with E-state index in [1.807, 2.05) is 0 Å². The van der Waals surface area contributed by atoms with Crippen molar-refractivity contribution in [3.63, 3.8) is 0 Å². The second-order valence-corrected chi connectivity index (χ2v) is 7.35. The van der Waals surface area contributed by atoms with Crippen LogP contribution in [0.4, 0.5) is 0 Å². The molecule has 0 saturated heterocycles. The van der Waals surface area contributed by atoms with E-state index in [1.165, 1.54) is 0 Å². The Morgan fingerprint density at radius 3 is 0.208 bits per heavy atom. The average molecular weight is 1010 g/mol. The molecule has 0 N–H and O–H groups in total. The molecular weight excluding hydrogens is 1010 g/mol. The fourth-order valence-electron chi connectivity index (χ4n) is 0. The maximum atomic E-state index is 8.52. The smallest absolute Gasteiger partial charge is 2.00 e. The Kier molecular flexibility index (Phi) is 288. The molecule has 0 aliphatic heterocycles. The van der Waals surface area contributed by atoms with Crippen molar-refractivity contribution in [2.24, 2.45) is 0 Å². The summed E-state index contributed by atoms with van der Waals surface area (Å²) in [6, 6.07) is 0. The molecule has 2 radical (unpaired) electrons. The van der Waals surface area contributed by atoms with Crippen LogP contribution in [0.2, 0.25) is 0 Å². The Hall–Kier alpha value is 11.0. The quantitative estimate of drug-likeness (QED) is 0.123. The monoisotopic (exact) mass is 1010 g/mol. The first kappa shape index (κ1) is 162. The molecule has 0 amide bonds. The molecule has 0 aliphatic rings. The molecular formula is MgNa10O29S6V2-10. The van der Waals surface area contributed by atoms with Crippen LogP contribution in [0, 0.1) is 0 Å². The summed E-state index contributed by atoms with van der Waals surface area (Å²) in [5.41, 5.74) is 0. The minimum absolute atomic E-state index is 0. The van der Waals surface area contributed by atoms with Gasteiger partial charge in [-0.15, -0.1) is 0 Å². The van der Waals surface area contributed by atoms with Crippen LogP contribution in [-0.4, -0.2) is 128 Å². The van der Waals surface area contributed by atoms with Gasteiger partial charge in [0.05, 0.1) is 0 Å². The van der Waals surface area contributed by atoms with E-state index in [9.17, 15) is 0 Å². The molecule has 0 spiro atoms. The summed E-state index contributed by atoms with van der Waals surface area (Å²) >= 11 is 0. The summed E-state index contributed by atoms with van der Waals surface area (Å²) in [4.78, 5) is 0. The van der Waals surface area contributed by atoms with Crippen molar-refractivity contribution in [3.8, 4) is 0 Å². The van der Waals surface area contributed by atoms with E-state index in [4.69, 9.17) is 105 Å². The zero-order chi connectivity index (χ0) is 27.0. The predicted octanol–water partition coefficient (Wildman–Crippen LogP) is -39.0. The van der Waals surface area contributed by atoms with Gasteiger partial charge >= 0.3 is 319 Å². The van der Waals surface area contributed by atoms with E-state index in [1.54, 1.807) is 0 Å². The zero-order valence-corrected chi connectivity index (χ0v) is 55.0. The van der Waals surface area contributed by atoms with Crippen molar-refractivity contribution in [2.75, 3.05) is 0 Å². The van der Waals surface area contributed by atoms with Gasteiger partial charge in [-0.2, -0.15) is 0 Å². The van der Waals surface area contributed by atoms with Gasteiger partial charge in [0, 0.05) is 99.5 Å². The van der Waals surface area contributed by atoms with Gasteiger partial charge in [-0.3, -0.25) is 50.5 Å². The first-order valence-electron chi connectivity index (χ1n) is 4.00. The molecule has 242 valence electrons. The van der Waals surface area contributed by atoms with Gasteiger partial charge in [0.1, 0.15) is 0 Å². The molecule has 0 saturated carbocycles. The van der Waals surface area contributed by atoms with Crippen LogP contribution in [0.25, 0.3) is 0 Å². The second-order valence-electron chi connectivity index (χ2n) is 2.45. The van der Waals surface area contributed by atoms with Crippen molar-refractivity contribution in [1.29, 1.82) is 0 Å². The molecule has 0 rings (SSSR count). The molecule has 0 fully saturated rings. The molecule has 0 atom stereocenters. The summed E-state index contributed by atoms with van der Waals surface area (Å²) in [5.74, 6) is 0. The first-order valence-corrected chi connectivity index (χ1v) is 12.0. The SMILES string of the molecule is O=S(=O)([O-])[O-].O=S(=O)([O-])[O-].O=S(=O)([O-])[O-].O=S(=O)([O-])[O-].O=S(=O)([O-])[O-].O=S(=O)([O-])[O-].[Mg+2].[Na+].[Na+].[Na+].[Na+].[Na+].[Na+].[Na+].[Na+].[Na+].[Na+].[O-2].[O-2].[O-2].[O-2].[O-2].[V].[V]. The van der Waals surface area contributed by atoms with E-state index in [0.717, 1.165) is 0 Å². The van der Waals surface area contributed by atoms with Gasteiger partial charge in [0.25, 0.3) is 0 Å². The summed E-state index contributed by atoms with van der Waals surface area (Å²) in [6.07, 6.45) is 0. The summed E-state index contributed by atoms with van der Waals surface area (Å²) < 4.78 is 205. The fourth-order valence-corrected chi connectivity index (χ4v) is 0. The molecule has 0 aromatic rings. The van der Waals surface area contributed by atoms with Gasteiger partial charge in [-0.25, -0.2) is 0 Å². The van der Waals surface area contributed by atoms with Gasteiger partial charge in [0.2, 0.25) is 0 Å². The number of rotatable bonds is 0. The number of hydrogen-bond donors (Lipinski definition) is 0. The second kappa shape index (κ2) is 85.3. The molecule has 29 nitrogen and oxygen atoms in total. The standard InChI is InChI=1S/Mg.10Na.6H2O4S.5O.2V/c;;;;;;;;;;;6*1-5(2,3)4;;;;;;;/h;;;;;;;;;;;6*(H2,1,2,3,4);;;;;;;/q+2;10*+1;;;;;;;5*-2;;/p-12. The Labute approximate surface area is 537 Å². The average Bonchev–Trinajstić information content (AvgIpc) is 1.94. The van der Waals surface area contributed by atoms with Crippen LogP contribution >= 0.6 is 0 Å². The van der Waals surface area contributed by atoms with Gasteiger partial charge in [-0.1, -0.05) is 0 Å². The molecule has 0 heterocycles. The summed E-state index contributed by atoms with van der Waals surface area (Å²) in [5, 5.41) is 0. The van der Waals surface area contributed by atoms with Crippen LogP contribution in [0.3, 0.4) is 0 Å². The maximum Gasteiger partial charge on any atom is 2.00 e. The largest absolute Gasteiger partial charge is 2.00 e. The number of hydrogen-bond acceptors (Lipinski definition) is 24. The molecule has 48 heavy (non-hydrogen) atoms. The van der Waals surface area contributed by atoms with Crippen LogP contribution in [-0.2, 0) is 127 Å². The van der Waals surface area contributed by atoms with Crippen molar-refractivity contribution in [2.45, 2.75) is 0 Å². The minimum atomic E-state index is -5.17. The van der Waals surface area contributed by atoms with Crippen LogP contribution in [0.15, 0.2) is 0 Å². The van der Waals surface area contributed by atoms with Gasteiger partial charge in [0.15, 0.2) is 0 Å². The third kappa shape index (κ3) is 1490. The van der Waals surface area contributed by atoms with Crippen molar-refractivity contribution < 1.29 is 465 Å². The third-order valence-corrected chi connectivity index (χ3v) is 0. The van der Waals surface area contributed by atoms with E-state index >= 15 is 0 Å². The Morgan fingerprint density at radius 2 is 0.208 bits per heavy atom.